The highest BCUT2D eigenvalue weighted by Crippen LogP contribution is 2.39. The van der Waals surface area contributed by atoms with E-state index < -0.39 is 10.8 Å². The van der Waals surface area contributed by atoms with Crippen molar-refractivity contribution in [1.29, 1.82) is 0 Å². The van der Waals surface area contributed by atoms with Crippen molar-refractivity contribution in [3.63, 3.8) is 0 Å². The Morgan fingerprint density at radius 2 is 1.89 bits per heavy atom. The van der Waals surface area contributed by atoms with Gasteiger partial charge in [-0.05, 0) is 43.6 Å². The smallest absolute Gasteiger partial charge is 0.0504 e. The minimum Gasteiger partial charge on any atom is -0.313 e. The van der Waals surface area contributed by atoms with E-state index >= 15 is 0 Å². The second-order valence-electron chi connectivity index (χ2n) is 7.02. The van der Waals surface area contributed by atoms with Gasteiger partial charge in [0.2, 0.25) is 0 Å². The van der Waals surface area contributed by atoms with Crippen LogP contribution in [0.3, 0.4) is 0 Å². The summed E-state index contributed by atoms with van der Waals surface area (Å²) in [6, 6.07) is 0.473. The molecule has 0 aromatic heterocycles. The Bertz CT molecular complexity index is 285. The number of hydrogen-bond donors (Lipinski definition) is 1. The third-order valence-electron chi connectivity index (χ3n) is 4.52. The summed E-state index contributed by atoms with van der Waals surface area (Å²) in [4.78, 5) is 0. The minimum atomic E-state index is -0.656. The van der Waals surface area contributed by atoms with Crippen LogP contribution in [0.15, 0.2) is 0 Å². The fourth-order valence-electron chi connectivity index (χ4n) is 3.14. The van der Waals surface area contributed by atoms with Gasteiger partial charge in [0.25, 0.3) is 0 Å². The molecule has 0 heterocycles. The zero-order valence-electron chi connectivity index (χ0n) is 13.5. The molecule has 0 amide bonds. The lowest BCUT2D eigenvalue weighted by molar-refractivity contribution is 0.164. The Morgan fingerprint density at radius 1 is 1.21 bits per heavy atom. The minimum absolute atomic E-state index is 0.352. The zero-order chi connectivity index (χ0) is 14.5. The van der Waals surface area contributed by atoms with E-state index in [0.717, 1.165) is 37.5 Å². The quantitative estimate of drug-likeness (QED) is 0.806. The van der Waals surface area contributed by atoms with Gasteiger partial charge >= 0.3 is 0 Å². The number of rotatable bonds is 6. The van der Waals surface area contributed by atoms with Gasteiger partial charge in [-0.3, -0.25) is 4.21 Å². The second kappa shape index (κ2) is 7.78. The lowest BCUT2D eigenvalue weighted by Crippen LogP contribution is -2.48. The first-order valence-corrected chi connectivity index (χ1v) is 9.38. The number of hydrogen-bond acceptors (Lipinski definition) is 2. The molecule has 1 aliphatic rings. The topological polar surface area (TPSA) is 29.1 Å². The molecule has 1 aliphatic carbocycles. The Hall–Kier alpha value is 0.110. The van der Waals surface area contributed by atoms with E-state index in [9.17, 15) is 4.21 Å². The fraction of sp³-hybridized carbons (Fsp3) is 1.00. The fourth-order valence-corrected chi connectivity index (χ4v) is 5.06. The molecule has 1 saturated carbocycles. The van der Waals surface area contributed by atoms with Gasteiger partial charge in [0.15, 0.2) is 0 Å². The van der Waals surface area contributed by atoms with Crippen molar-refractivity contribution in [3.8, 4) is 0 Å². The number of nitrogens with one attached hydrogen (secondary N) is 1. The van der Waals surface area contributed by atoms with E-state index in [1.807, 2.05) is 0 Å². The molecule has 2 nitrogen and oxygen atoms in total. The molecule has 4 atom stereocenters. The number of unbranched alkanes of at least 4 members (excludes halogenated alkanes) is 1. The molecule has 19 heavy (non-hydrogen) atoms. The van der Waals surface area contributed by atoms with Crippen LogP contribution in [0.5, 0.6) is 0 Å². The molecule has 0 aromatic carbocycles. The summed E-state index contributed by atoms with van der Waals surface area (Å²) >= 11 is 0. The van der Waals surface area contributed by atoms with Crippen molar-refractivity contribution in [2.45, 2.75) is 78.0 Å². The molecule has 4 unspecified atom stereocenters. The van der Waals surface area contributed by atoms with Crippen LogP contribution in [0, 0.1) is 11.3 Å². The third-order valence-corrected chi connectivity index (χ3v) is 6.41. The molecule has 0 spiro atoms. The van der Waals surface area contributed by atoms with Gasteiger partial charge in [-0.1, -0.05) is 41.0 Å². The molecule has 1 fully saturated rings. The van der Waals surface area contributed by atoms with Crippen LogP contribution in [0.25, 0.3) is 0 Å². The predicted octanol–water partition coefficient (Wildman–Crippen LogP) is 3.73. The highest BCUT2D eigenvalue weighted by Gasteiger charge is 2.37. The van der Waals surface area contributed by atoms with E-state index in [0.29, 0.717) is 16.7 Å². The van der Waals surface area contributed by atoms with Gasteiger partial charge in [0.05, 0.1) is 5.25 Å². The van der Waals surface area contributed by atoms with Crippen LogP contribution in [0.4, 0.5) is 0 Å². The summed E-state index contributed by atoms with van der Waals surface area (Å²) in [7, 11) is -0.656. The molecule has 114 valence electrons. The van der Waals surface area contributed by atoms with Gasteiger partial charge in [-0.25, -0.2) is 0 Å². The third kappa shape index (κ3) is 5.18. The molecule has 3 heteroatoms. The monoisotopic (exact) mass is 287 g/mol. The summed E-state index contributed by atoms with van der Waals surface area (Å²) in [5, 5.41) is 3.94. The molecule has 1 N–H and O–H groups in total. The van der Waals surface area contributed by atoms with Crippen LogP contribution in [0.1, 0.15) is 66.7 Å². The van der Waals surface area contributed by atoms with Crippen LogP contribution < -0.4 is 5.32 Å². The van der Waals surface area contributed by atoms with Crippen molar-refractivity contribution in [3.05, 3.63) is 0 Å². The van der Waals surface area contributed by atoms with Crippen molar-refractivity contribution in [2.75, 3.05) is 12.3 Å². The van der Waals surface area contributed by atoms with Crippen molar-refractivity contribution < 1.29 is 4.21 Å². The summed E-state index contributed by atoms with van der Waals surface area (Å²) in [6.45, 7) is 12.3. The Kier molecular flexibility index (Phi) is 7.02. The maximum Gasteiger partial charge on any atom is 0.0504 e. The van der Waals surface area contributed by atoms with E-state index in [4.69, 9.17) is 0 Å². The highest BCUT2D eigenvalue weighted by molar-refractivity contribution is 7.85. The molecule has 1 rings (SSSR count). The average Bonchev–Trinajstić information content (AvgIpc) is 2.35. The Balaban J connectivity index is 2.70. The van der Waals surface area contributed by atoms with Crippen LogP contribution in [0.2, 0.25) is 0 Å². The lowest BCUT2D eigenvalue weighted by Gasteiger charge is -2.41. The van der Waals surface area contributed by atoms with Crippen LogP contribution in [-0.4, -0.2) is 27.8 Å². The van der Waals surface area contributed by atoms with E-state index in [1.54, 1.807) is 0 Å². The van der Waals surface area contributed by atoms with Gasteiger partial charge in [0.1, 0.15) is 0 Å². The van der Waals surface area contributed by atoms with E-state index in [1.165, 1.54) is 12.8 Å². The van der Waals surface area contributed by atoms with Gasteiger partial charge in [-0.2, -0.15) is 0 Å². The first kappa shape index (κ1) is 17.2. The highest BCUT2D eigenvalue weighted by atomic mass is 32.2. The molecule has 0 saturated heterocycles. The molecule has 0 radical (unpaired) electrons. The first-order chi connectivity index (χ1) is 8.90. The lowest BCUT2D eigenvalue weighted by atomic mass is 9.71. The predicted molar refractivity (Wildman–Crippen MR) is 86.0 cm³/mol. The first-order valence-electron chi connectivity index (χ1n) is 8.00. The zero-order valence-corrected chi connectivity index (χ0v) is 14.3. The maximum absolute atomic E-state index is 12.6. The van der Waals surface area contributed by atoms with Gasteiger partial charge in [-0.15, -0.1) is 0 Å². The SMILES string of the molecule is CCCCS(=O)C1CC(C(C)(C)C)CCC1NCC. The Morgan fingerprint density at radius 3 is 2.42 bits per heavy atom. The van der Waals surface area contributed by atoms with E-state index in [2.05, 4.69) is 39.9 Å². The van der Waals surface area contributed by atoms with Crippen molar-refractivity contribution in [2.24, 2.45) is 11.3 Å². The molecular formula is C16H33NOS. The molecule has 0 bridgehead atoms. The molecular weight excluding hydrogens is 254 g/mol. The molecule has 0 aliphatic heterocycles. The van der Waals surface area contributed by atoms with Gasteiger partial charge in [0, 0.05) is 22.6 Å². The molecule has 0 aromatic rings. The van der Waals surface area contributed by atoms with Crippen molar-refractivity contribution in [1.82, 2.24) is 5.32 Å². The Labute approximate surface area is 122 Å². The summed E-state index contributed by atoms with van der Waals surface area (Å²) in [6.07, 6.45) is 5.85. The summed E-state index contributed by atoms with van der Waals surface area (Å²) < 4.78 is 12.6. The largest absolute Gasteiger partial charge is 0.313 e. The summed E-state index contributed by atoms with van der Waals surface area (Å²) in [5.41, 5.74) is 0.352. The normalized spacial score (nSPS) is 30.3. The standard InChI is InChI=1S/C16H33NOS/c1-6-8-11-19(18)15-12-13(16(3,4)5)9-10-14(15)17-7-2/h13-15,17H,6-12H2,1-5H3. The van der Waals surface area contributed by atoms with E-state index in [-0.39, 0.29) is 0 Å². The summed E-state index contributed by atoms with van der Waals surface area (Å²) in [5.74, 6) is 1.61. The van der Waals surface area contributed by atoms with Crippen molar-refractivity contribution >= 4 is 10.8 Å². The maximum atomic E-state index is 12.6. The van der Waals surface area contributed by atoms with Crippen LogP contribution in [-0.2, 0) is 10.8 Å². The second-order valence-corrected chi connectivity index (χ2v) is 8.79. The average molecular weight is 288 g/mol. The van der Waals surface area contributed by atoms with Crippen LogP contribution >= 0.6 is 0 Å². The van der Waals surface area contributed by atoms with Gasteiger partial charge < -0.3 is 5.32 Å².